The van der Waals surface area contributed by atoms with E-state index >= 15 is 0 Å². The first-order chi connectivity index (χ1) is 13.6. The first kappa shape index (κ1) is 18.5. The smallest absolute Gasteiger partial charge is 0.325 e. The van der Waals surface area contributed by atoms with Crippen LogP contribution in [0.1, 0.15) is 29.5 Å². The second-order valence-electron chi connectivity index (χ2n) is 7.09. The van der Waals surface area contributed by atoms with Crippen LogP contribution in [0.3, 0.4) is 0 Å². The van der Waals surface area contributed by atoms with Gasteiger partial charge in [0.15, 0.2) is 5.13 Å². The Morgan fingerprint density at radius 3 is 2.93 bits per heavy atom. The number of benzene rings is 1. The SMILES string of the molecule is COc1ccc(Cn2cc(NC(=O)Nc3nc4c(s3)CC(C)CC4)cn2)cc1. The topological polar surface area (TPSA) is 81.1 Å². The molecule has 0 bridgehead atoms. The molecule has 0 fully saturated rings. The number of hydrogen-bond acceptors (Lipinski definition) is 5. The molecule has 2 N–H and O–H groups in total. The van der Waals surface area contributed by atoms with Crippen molar-refractivity contribution in [3.63, 3.8) is 0 Å². The summed E-state index contributed by atoms with van der Waals surface area (Å²) in [5.41, 5.74) is 2.87. The Bertz CT molecular complexity index is 963. The van der Waals surface area contributed by atoms with E-state index in [0.29, 0.717) is 23.3 Å². The van der Waals surface area contributed by atoms with E-state index in [9.17, 15) is 4.79 Å². The van der Waals surface area contributed by atoms with E-state index in [0.717, 1.165) is 36.3 Å². The molecule has 0 radical (unpaired) electrons. The molecule has 28 heavy (non-hydrogen) atoms. The average molecular weight is 398 g/mol. The van der Waals surface area contributed by atoms with Crippen LogP contribution in [0.5, 0.6) is 5.75 Å². The summed E-state index contributed by atoms with van der Waals surface area (Å²) in [6, 6.07) is 7.51. The van der Waals surface area contributed by atoms with Crippen LogP contribution in [0.4, 0.5) is 15.6 Å². The third-order valence-electron chi connectivity index (χ3n) is 4.80. The van der Waals surface area contributed by atoms with Crippen molar-refractivity contribution in [1.29, 1.82) is 0 Å². The van der Waals surface area contributed by atoms with Crippen molar-refractivity contribution in [1.82, 2.24) is 14.8 Å². The monoisotopic (exact) mass is 397 g/mol. The van der Waals surface area contributed by atoms with Crippen LogP contribution < -0.4 is 15.4 Å². The molecule has 1 unspecified atom stereocenters. The maximum absolute atomic E-state index is 12.3. The number of methoxy groups -OCH3 is 1. The number of fused-ring (bicyclic) bond motifs is 1. The summed E-state index contributed by atoms with van der Waals surface area (Å²) >= 11 is 1.57. The lowest BCUT2D eigenvalue weighted by Gasteiger charge is -2.15. The standard InChI is InChI=1S/C20H23N5O2S/c1-13-3-8-17-18(9-13)28-20(23-17)24-19(26)22-15-10-21-25(12-15)11-14-4-6-16(27-2)7-5-14/h4-7,10,12-13H,3,8-9,11H2,1-2H3,(H2,22,23,24,26). The van der Waals surface area contributed by atoms with Gasteiger partial charge in [-0.15, -0.1) is 11.3 Å². The van der Waals surface area contributed by atoms with Gasteiger partial charge in [0.25, 0.3) is 0 Å². The first-order valence-electron chi connectivity index (χ1n) is 9.31. The summed E-state index contributed by atoms with van der Waals surface area (Å²) in [7, 11) is 1.65. The zero-order valence-electron chi connectivity index (χ0n) is 15.9. The Kier molecular flexibility index (Phi) is 5.29. The normalized spacial score (nSPS) is 15.7. The Balaban J connectivity index is 1.33. The van der Waals surface area contributed by atoms with Crippen LogP contribution in [-0.4, -0.2) is 27.9 Å². The van der Waals surface area contributed by atoms with E-state index in [4.69, 9.17) is 4.74 Å². The van der Waals surface area contributed by atoms with Crippen molar-refractivity contribution in [3.05, 3.63) is 52.8 Å². The van der Waals surface area contributed by atoms with Crippen LogP contribution in [0, 0.1) is 5.92 Å². The lowest BCUT2D eigenvalue weighted by Crippen LogP contribution is -2.19. The molecule has 7 nitrogen and oxygen atoms in total. The van der Waals surface area contributed by atoms with E-state index in [-0.39, 0.29) is 6.03 Å². The number of ether oxygens (including phenoxy) is 1. The fourth-order valence-corrected chi connectivity index (χ4v) is 4.45. The minimum Gasteiger partial charge on any atom is -0.497 e. The third kappa shape index (κ3) is 4.33. The van der Waals surface area contributed by atoms with Crippen LogP contribution in [-0.2, 0) is 19.4 Å². The first-order valence-corrected chi connectivity index (χ1v) is 10.1. The highest BCUT2D eigenvalue weighted by Crippen LogP contribution is 2.32. The Hall–Kier alpha value is -2.87. The van der Waals surface area contributed by atoms with Crippen LogP contribution in [0.15, 0.2) is 36.7 Å². The molecule has 2 aromatic heterocycles. The molecule has 1 aliphatic rings. The van der Waals surface area contributed by atoms with Gasteiger partial charge in [0.2, 0.25) is 0 Å². The minimum absolute atomic E-state index is 0.303. The van der Waals surface area contributed by atoms with Gasteiger partial charge < -0.3 is 10.1 Å². The van der Waals surface area contributed by atoms with Gasteiger partial charge in [0.05, 0.1) is 31.2 Å². The number of thiazole rings is 1. The number of hydrogen-bond donors (Lipinski definition) is 2. The van der Waals surface area contributed by atoms with Gasteiger partial charge in [-0.1, -0.05) is 19.1 Å². The molecule has 1 atom stereocenters. The van der Waals surface area contributed by atoms with Gasteiger partial charge in [-0.05, 0) is 42.9 Å². The van der Waals surface area contributed by atoms with Gasteiger partial charge in [-0.25, -0.2) is 9.78 Å². The van der Waals surface area contributed by atoms with E-state index in [2.05, 4.69) is 27.6 Å². The number of anilines is 2. The van der Waals surface area contributed by atoms with Crippen molar-refractivity contribution >= 4 is 28.2 Å². The number of rotatable bonds is 5. The van der Waals surface area contributed by atoms with Crippen molar-refractivity contribution in [3.8, 4) is 5.75 Å². The van der Waals surface area contributed by atoms with Crippen molar-refractivity contribution in [2.45, 2.75) is 32.7 Å². The summed E-state index contributed by atoms with van der Waals surface area (Å²) < 4.78 is 6.95. The Morgan fingerprint density at radius 2 is 2.14 bits per heavy atom. The number of aromatic nitrogens is 3. The molecule has 2 heterocycles. The molecular weight excluding hydrogens is 374 g/mol. The predicted octanol–water partition coefficient (Wildman–Crippen LogP) is 4.17. The number of carbonyl (C=O) groups excluding carboxylic acids is 1. The number of carbonyl (C=O) groups is 1. The minimum atomic E-state index is -0.303. The molecule has 0 spiro atoms. The zero-order valence-corrected chi connectivity index (χ0v) is 16.8. The largest absolute Gasteiger partial charge is 0.497 e. The lowest BCUT2D eigenvalue weighted by molar-refractivity contribution is 0.262. The summed E-state index contributed by atoms with van der Waals surface area (Å²) in [4.78, 5) is 18.1. The summed E-state index contributed by atoms with van der Waals surface area (Å²) in [6.07, 6.45) is 6.65. The maximum Gasteiger partial charge on any atom is 0.325 e. The van der Waals surface area contributed by atoms with Gasteiger partial charge in [0.1, 0.15) is 5.75 Å². The average Bonchev–Trinajstić information content (AvgIpc) is 3.28. The number of aryl methyl sites for hydroxylation is 1. The third-order valence-corrected chi connectivity index (χ3v) is 5.84. The van der Waals surface area contributed by atoms with Crippen molar-refractivity contribution < 1.29 is 9.53 Å². The molecule has 2 amide bonds. The Labute approximate surface area is 167 Å². The highest BCUT2D eigenvalue weighted by atomic mass is 32.1. The number of urea groups is 1. The highest BCUT2D eigenvalue weighted by molar-refractivity contribution is 7.15. The highest BCUT2D eigenvalue weighted by Gasteiger charge is 2.20. The second kappa shape index (κ2) is 8.02. The quantitative estimate of drug-likeness (QED) is 0.677. The number of amides is 2. The molecule has 4 rings (SSSR count). The van der Waals surface area contributed by atoms with Crippen LogP contribution in [0.2, 0.25) is 0 Å². The van der Waals surface area contributed by atoms with E-state index < -0.39 is 0 Å². The van der Waals surface area contributed by atoms with Gasteiger partial charge in [-0.2, -0.15) is 5.10 Å². The van der Waals surface area contributed by atoms with Gasteiger partial charge in [0, 0.05) is 11.1 Å². The lowest BCUT2D eigenvalue weighted by atomic mass is 9.93. The fraction of sp³-hybridized carbons (Fsp3) is 0.350. The molecule has 1 aliphatic carbocycles. The second-order valence-corrected chi connectivity index (χ2v) is 8.17. The molecule has 146 valence electrons. The molecule has 0 saturated carbocycles. The summed E-state index contributed by atoms with van der Waals surface area (Å²) in [5.74, 6) is 1.51. The number of nitrogens with zero attached hydrogens (tertiary/aromatic N) is 3. The van der Waals surface area contributed by atoms with Crippen LogP contribution >= 0.6 is 11.3 Å². The molecule has 8 heteroatoms. The predicted molar refractivity (Wildman–Crippen MR) is 110 cm³/mol. The molecule has 0 aliphatic heterocycles. The molecule has 0 saturated heterocycles. The van der Waals surface area contributed by atoms with E-state index in [1.54, 1.807) is 35.5 Å². The van der Waals surface area contributed by atoms with E-state index in [1.165, 1.54) is 4.88 Å². The maximum atomic E-state index is 12.3. The Morgan fingerprint density at radius 1 is 1.32 bits per heavy atom. The molecule has 3 aromatic rings. The zero-order chi connectivity index (χ0) is 19.5. The van der Waals surface area contributed by atoms with Crippen molar-refractivity contribution in [2.24, 2.45) is 5.92 Å². The fourth-order valence-electron chi connectivity index (χ4n) is 3.29. The molecule has 1 aromatic carbocycles. The number of nitrogens with one attached hydrogen (secondary N) is 2. The van der Waals surface area contributed by atoms with Gasteiger partial charge >= 0.3 is 6.03 Å². The van der Waals surface area contributed by atoms with E-state index in [1.807, 2.05) is 24.3 Å². The molecular formula is C20H23N5O2S. The van der Waals surface area contributed by atoms with Gasteiger partial charge in [-0.3, -0.25) is 10.00 Å². The van der Waals surface area contributed by atoms with Crippen molar-refractivity contribution in [2.75, 3.05) is 17.7 Å². The van der Waals surface area contributed by atoms with Crippen LogP contribution in [0.25, 0.3) is 0 Å². The summed E-state index contributed by atoms with van der Waals surface area (Å²) in [5, 5.41) is 10.6. The summed E-state index contributed by atoms with van der Waals surface area (Å²) in [6.45, 7) is 2.87.